The Hall–Kier alpha value is -2.98. The van der Waals surface area contributed by atoms with Crippen LogP contribution in [0.25, 0.3) is 0 Å². The summed E-state index contributed by atoms with van der Waals surface area (Å²) in [7, 11) is 2.68. The van der Waals surface area contributed by atoms with Gasteiger partial charge in [-0.15, -0.1) is 0 Å². The van der Waals surface area contributed by atoms with E-state index in [9.17, 15) is 19.2 Å². The maximum atomic E-state index is 12.3. The summed E-state index contributed by atoms with van der Waals surface area (Å²) in [5, 5.41) is 4.97. The van der Waals surface area contributed by atoms with E-state index in [0.29, 0.717) is 0 Å². The van der Waals surface area contributed by atoms with Gasteiger partial charge in [-0.2, -0.15) is 0 Å². The molecule has 0 aliphatic rings. The Balaban J connectivity index is 3.47. The van der Waals surface area contributed by atoms with Crippen LogP contribution in [-0.4, -0.2) is 64.4 Å². The monoisotopic (exact) mass is 396 g/mol. The molecule has 10 heteroatoms. The number of hydrogen-bond donors (Lipinski definition) is 2. The molecular weight excluding hydrogens is 372 g/mol. The third kappa shape index (κ3) is 6.63. The zero-order chi connectivity index (χ0) is 21.1. The van der Waals surface area contributed by atoms with E-state index >= 15 is 0 Å². The second-order valence-corrected chi connectivity index (χ2v) is 5.35. The molecule has 0 unspecified atom stereocenters. The summed E-state index contributed by atoms with van der Waals surface area (Å²) in [5.41, 5.74) is -0.0549. The van der Waals surface area contributed by atoms with Gasteiger partial charge in [0, 0.05) is 14.2 Å². The number of carbonyl (C=O) groups is 4. The number of hydrogen-bond acceptors (Lipinski definition) is 8. The molecule has 0 spiro atoms. The molecule has 0 heterocycles. The number of ether oxygens (including phenoxy) is 4. The molecule has 0 aliphatic carbocycles. The van der Waals surface area contributed by atoms with Crippen LogP contribution in [0, 0.1) is 0 Å². The highest BCUT2D eigenvalue weighted by Gasteiger charge is 2.23. The topological polar surface area (TPSA) is 129 Å². The first-order chi connectivity index (χ1) is 13.4. The van der Waals surface area contributed by atoms with E-state index in [1.54, 1.807) is 13.8 Å². The van der Waals surface area contributed by atoms with Crippen molar-refractivity contribution in [1.82, 2.24) is 0 Å². The van der Waals surface area contributed by atoms with E-state index < -0.39 is 23.8 Å². The van der Waals surface area contributed by atoms with E-state index in [0.717, 1.165) is 0 Å². The third-order valence-corrected chi connectivity index (χ3v) is 3.25. The highest BCUT2D eigenvalue weighted by molar-refractivity contribution is 6.08. The average molecular weight is 396 g/mol. The van der Waals surface area contributed by atoms with Crippen molar-refractivity contribution in [3.63, 3.8) is 0 Å². The van der Waals surface area contributed by atoms with Crippen LogP contribution < -0.4 is 10.6 Å². The Kier molecular flexibility index (Phi) is 9.61. The minimum Gasteiger partial charge on any atom is -0.462 e. The van der Waals surface area contributed by atoms with Gasteiger partial charge in [-0.1, -0.05) is 0 Å². The Labute approximate surface area is 162 Å². The first-order valence-corrected chi connectivity index (χ1v) is 8.47. The van der Waals surface area contributed by atoms with Crippen LogP contribution in [-0.2, 0) is 28.5 Å². The number of methoxy groups -OCH3 is 2. The Morgan fingerprint density at radius 3 is 1.39 bits per heavy atom. The third-order valence-electron chi connectivity index (χ3n) is 3.25. The Morgan fingerprint density at radius 1 is 0.750 bits per heavy atom. The average Bonchev–Trinajstić information content (AvgIpc) is 2.63. The fourth-order valence-electron chi connectivity index (χ4n) is 2.20. The number of esters is 2. The molecular formula is C18H24N2O8. The second kappa shape index (κ2) is 11.7. The van der Waals surface area contributed by atoms with Gasteiger partial charge >= 0.3 is 11.9 Å². The van der Waals surface area contributed by atoms with Gasteiger partial charge in [-0.05, 0) is 26.0 Å². The molecule has 0 aliphatic heterocycles. The fraction of sp³-hybridized carbons (Fsp3) is 0.444. The van der Waals surface area contributed by atoms with Crippen molar-refractivity contribution < 1.29 is 38.1 Å². The van der Waals surface area contributed by atoms with Crippen LogP contribution >= 0.6 is 0 Å². The summed E-state index contributed by atoms with van der Waals surface area (Å²) < 4.78 is 19.5. The minimum absolute atomic E-state index is 0.0216. The van der Waals surface area contributed by atoms with Crippen molar-refractivity contribution in [2.75, 3.05) is 51.3 Å². The highest BCUT2D eigenvalue weighted by atomic mass is 16.5. The molecule has 0 saturated heterocycles. The largest absolute Gasteiger partial charge is 0.462 e. The summed E-state index contributed by atoms with van der Waals surface area (Å²) in [6.45, 7) is 2.90. The van der Waals surface area contributed by atoms with E-state index in [1.807, 2.05) is 0 Å². The van der Waals surface area contributed by atoms with Gasteiger partial charge in [0.05, 0.1) is 35.7 Å². The van der Waals surface area contributed by atoms with Gasteiger partial charge in [-0.25, -0.2) is 9.59 Å². The fourth-order valence-corrected chi connectivity index (χ4v) is 2.20. The molecule has 2 amide bonds. The molecule has 0 radical (unpaired) electrons. The Bertz CT molecular complexity index is 671. The first-order valence-electron chi connectivity index (χ1n) is 8.47. The lowest BCUT2D eigenvalue weighted by atomic mass is 10.1. The molecule has 2 N–H and O–H groups in total. The second-order valence-electron chi connectivity index (χ2n) is 5.35. The zero-order valence-electron chi connectivity index (χ0n) is 16.2. The number of rotatable bonds is 10. The van der Waals surface area contributed by atoms with Crippen LogP contribution in [0.2, 0.25) is 0 Å². The number of amides is 2. The lowest BCUT2D eigenvalue weighted by Gasteiger charge is -2.16. The van der Waals surface area contributed by atoms with Crippen LogP contribution in [0.5, 0.6) is 0 Å². The van der Waals surface area contributed by atoms with E-state index in [2.05, 4.69) is 10.6 Å². The predicted octanol–water partition coefficient (Wildman–Crippen LogP) is 1.21. The van der Waals surface area contributed by atoms with E-state index in [4.69, 9.17) is 18.9 Å². The van der Waals surface area contributed by atoms with Crippen molar-refractivity contribution >= 4 is 35.1 Å². The minimum atomic E-state index is -0.743. The summed E-state index contributed by atoms with van der Waals surface area (Å²) in [6, 6.07) is 2.47. The molecule has 0 fully saturated rings. The van der Waals surface area contributed by atoms with Gasteiger partial charge in [0.25, 0.3) is 0 Å². The molecule has 10 nitrogen and oxygen atoms in total. The summed E-state index contributed by atoms with van der Waals surface area (Å²) in [5.74, 6) is -2.57. The number of anilines is 2. The summed E-state index contributed by atoms with van der Waals surface area (Å²) >= 11 is 0. The van der Waals surface area contributed by atoms with Gasteiger partial charge in [0.15, 0.2) is 0 Å². The molecule has 1 aromatic carbocycles. The lowest BCUT2D eigenvalue weighted by molar-refractivity contribution is -0.120. The van der Waals surface area contributed by atoms with E-state index in [-0.39, 0.29) is 48.9 Å². The molecule has 1 rings (SSSR count). The van der Waals surface area contributed by atoms with Crippen molar-refractivity contribution in [1.29, 1.82) is 0 Å². The van der Waals surface area contributed by atoms with Crippen LogP contribution in [0.3, 0.4) is 0 Å². The molecule has 0 bridgehead atoms. The molecule has 0 aromatic heterocycles. The first kappa shape index (κ1) is 23.1. The normalized spacial score (nSPS) is 10.1. The molecule has 0 atom stereocenters. The SMILES string of the molecule is CCOC(=O)c1cc(NC(=O)COC)c(C(=O)OCC)cc1NC(=O)COC. The van der Waals surface area contributed by atoms with Crippen molar-refractivity contribution in [3.05, 3.63) is 23.3 Å². The van der Waals surface area contributed by atoms with E-state index in [1.165, 1.54) is 26.4 Å². The summed E-state index contributed by atoms with van der Waals surface area (Å²) in [4.78, 5) is 48.5. The maximum Gasteiger partial charge on any atom is 0.340 e. The maximum absolute atomic E-state index is 12.3. The van der Waals surface area contributed by atoms with Crippen molar-refractivity contribution in [2.45, 2.75) is 13.8 Å². The summed E-state index contributed by atoms with van der Waals surface area (Å²) in [6.07, 6.45) is 0. The molecule has 28 heavy (non-hydrogen) atoms. The van der Waals surface area contributed by atoms with Gasteiger partial charge in [0.2, 0.25) is 11.8 Å². The van der Waals surface area contributed by atoms with Crippen LogP contribution in [0.4, 0.5) is 11.4 Å². The predicted molar refractivity (Wildman–Crippen MR) is 99.4 cm³/mol. The Morgan fingerprint density at radius 2 is 1.11 bits per heavy atom. The van der Waals surface area contributed by atoms with Gasteiger partial charge in [0.1, 0.15) is 13.2 Å². The lowest BCUT2D eigenvalue weighted by Crippen LogP contribution is -2.23. The quantitative estimate of drug-likeness (QED) is 0.565. The van der Waals surface area contributed by atoms with Crippen molar-refractivity contribution in [3.8, 4) is 0 Å². The zero-order valence-corrected chi connectivity index (χ0v) is 16.2. The molecule has 154 valence electrons. The van der Waals surface area contributed by atoms with Crippen LogP contribution in [0.1, 0.15) is 34.6 Å². The molecule has 1 aromatic rings. The standard InChI is InChI=1S/C18H24N2O8/c1-5-27-17(23)11-7-14(20-16(22)10-26-4)12(18(24)28-6-2)8-13(11)19-15(21)9-25-3/h7-8H,5-6,9-10H2,1-4H3,(H,19,21)(H,20,22). The highest BCUT2D eigenvalue weighted by Crippen LogP contribution is 2.27. The molecule has 0 saturated carbocycles. The van der Waals surface area contributed by atoms with Gasteiger partial charge < -0.3 is 29.6 Å². The smallest absolute Gasteiger partial charge is 0.340 e. The van der Waals surface area contributed by atoms with Crippen LogP contribution in [0.15, 0.2) is 12.1 Å². The number of nitrogens with one attached hydrogen (secondary N) is 2. The number of benzene rings is 1. The van der Waals surface area contributed by atoms with Gasteiger partial charge in [-0.3, -0.25) is 9.59 Å². The number of carbonyl (C=O) groups excluding carboxylic acids is 4. The van der Waals surface area contributed by atoms with Crippen molar-refractivity contribution in [2.24, 2.45) is 0 Å².